The van der Waals surface area contributed by atoms with E-state index in [2.05, 4.69) is 5.32 Å². The summed E-state index contributed by atoms with van der Waals surface area (Å²) in [5.74, 6) is -1.08. The summed E-state index contributed by atoms with van der Waals surface area (Å²) in [4.78, 5) is 0. The zero-order chi connectivity index (χ0) is 14.7. The minimum absolute atomic E-state index is 0.0568. The van der Waals surface area contributed by atoms with E-state index in [1.54, 1.807) is 13.0 Å². The summed E-state index contributed by atoms with van der Waals surface area (Å²) >= 11 is 5.95. The fourth-order valence-corrected chi connectivity index (χ4v) is 2.45. The second-order valence-corrected chi connectivity index (χ2v) is 5.24. The van der Waals surface area contributed by atoms with E-state index in [4.69, 9.17) is 11.6 Å². The molecule has 0 heterocycles. The van der Waals surface area contributed by atoms with Crippen LogP contribution in [0.4, 0.5) is 8.78 Å². The lowest BCUT2D eigenvalue weighted by atomic mass is 10.0. The average molecular weight is 296 g/mol. The summed E-state index contributed by atoms with van der Waals surface area (Å²) in [5.41, 5.74) is 1.03. The number of halogens is 3. The van der Waals surface area contributed by atoms with Crippen LogP contribution in [0, 0.1) is 11.6 Å². The molecule has 2 aromatic rings. The first-order chi connectivity index (χ1) is 9.49. The predicted molar refractivity (Wildman–Crippen MR) is 77.8 cm³/mol. The standard InChI is InChI=1S/C16H16ClF2N/c1-10(12-5-3-6-13(17)9-12)20-11(2)16-14(18)7-4-8-15(16)19/h3-11,20H,1-2H3. The maximum Gasteiger partial charge on any atom is 0.130 e. The highest BCUT2D eigenvalue weighted by Crippen LogP contribution is 2.24. The van der Waals surface area contributed by atoms with Gasteiger partial charge in [0.05, 0.1) is 0 Å². The molecule has 2 rings (SSSR count). The number of nitrogens with one attached hydrogen (secondary N) is 1. The van der Waals surface area contributed by atoms with Gasteiger partial charge in [-0.2, -0.15) is 0 Å². The lowest BCUT2D eigenvalue weighted by molar-refractivity contribution is 0.450. The smallest absolute Gasteiger partial charge is 0.130 e. The summed E-state index contributed by atoms with van der Waals surface area (Å²) in [6.45, 7) is 3.67. The molecule has 2 atom stereocenters. The van der Waals surface area contributed by atoms with Crippen LogP contribution in [0.2, 0.25) is 5.02 Å². The molecule has 0 saturated heterocycles. The molecule has 1 N–H and O–H groups in total. The first kappa shape index (κ1) is 14.9. The predicted octanol–water partition coefficient (Wildman–Crippen LogP) is 5.03. The number of hydrogen-bond acceptors (Lipinski definition) is 1. The van der Waals surface area contributed by atoms with Gasteiger partial charge in [0.2, 0.25) is 0 Å². The molecule has 0 bridgehead atoms. The zero-order valence-corrected chi connectivity index (χ0v) is 12.1. The molecule has 0 aliphatic carbocycles. The van der Waals surface area contributed by atoms with Gasteiger partial charge in [-0.25, -0.2) is 8.78 Å². The van der Waals surface area contributed by atoms with Crippen molar-refractivity contribution in [2.24, 2.45) is 0 Å². The van der Waals surface area contributed by atoms with E-state index >= 15 is 0 Å². The Balaban J connectivity index is 2.17. The van der Waals surface area contributed by atoms with E-state index in [0.717, 1.165) is 5.56 Å². The lowest BCUT2D eigenvalue weighted by Crippen LogP contribution is -2.24. The Morgan fingerprint density at radius 2 is 1.55 bits per heavy atom. The minimum Gasteiger partial charge on any atom is -0.303 e. The number of hydrogen-bond donors (Lipinski definition) is 1. The fourth-order valence-electron chi connectivity index (χ4n) is 2.25. The molecule has 0 radical (unpaired) electrons. The van der Waals surface area contributed by atoms with Crippen molar-refractivity contribution in [2.75, 3.05) is 0 Å². The van der Waals surface area contributed by atoms with Crippen molar-refractivity contribution in [1.82, 2.24) is 5.32 Å². The Morgan fingerprint density at radius 3 is 2.15 bits per heavy atom. The lowest BCUT2D eigenvalue weighted by Gasteiger charge is -2.21. The maximum atomic E-state index is 13.7. The summed E-state index contributed by atoms with van der Waals surface area (Å²) in [6.07, 6.45) is 0. The molecular formula is C16H16ClF2N. The summed E-state index contributed by atoms with van der Waals surface area (Å²) < 4.78 is 27.4. The zero-order valence-electron chi connectivity index (χ0n) is 11.3. The molecule has 0 saturated carbocycles. The van der Waals surface area contributed by atoms with Crippen LogP contribution in [0.5, 0.6) is 0 Å². The molecule has 106 valence electrons. The molecule has 4 heteroatoms. The van der Waals surface area contributed by atoms with Crippen molar-refractivity contribution < 1.29 is 8.78 Å². The normalized spacial score (nSPS) is 14.1. The van der Waals surface area contributed by atoms with Gasteiger partial charge in [-0.15, -0.1) is 0 Å². The highest BCUT2D eigenvalue weighted by molar-refractivity contribution is 6.30. The van der Waals surface area contributed by atoms with Gasteiger partial charge in [0.15, 0.2) is 0 Å². The van der Waals surface area contributed by atoms with E-state index in [1.165, 1.54) is 18.2 Å². The van der Waals surface area contributed by atoms with Crippen LogP contribution >= 0.6 is 11.6 Å². The highest BCUT2D eigenvalue weighted by atomic mass is 35.5. The van der Waals surface area contributed by atoms with Crippen molar-refractivity contribution in [1.29, 1.82) is 0 Å². The van der Waals surface area contributed by atoms with Crippen LogP contribution in [0.1, 0.15) is 37.1 Å². The van der Waals surface area contributed by atoms with Crippen molar-refractivity contribution in [2.45, 2.75) is 25.9 Å². The average Bonchev–Trinajstić information content (AvgIpc) is 2.38. The molecular weight excluding hydrogens is 280 g/mol. The molecule has 1 nitrogen and oxygen atoms in total. The minimum atomic E-state index is -0.539. The largest absolute Gasteiger partial charge is 0.303 e. The van der Waals surface area contributed by atoms with E-state index < -0.39 is 17.7 Å². The number of rotatable bonds is 4. The first-order valence-electron chi connectivity index (χ1n) is 6.44. The van der Waals surface area contributed by atoms with Gasteiger partial charge < -0.3 is 5.32 Å². The summed E-state index contributed by atoms with van der Waals surface area (Å²) in [6, 6.07) is 10.8. The molecule has 0 aliphatic rings. The van der Waals surface area contributed by atoms with Crippen LogP contribution in [-0.4, -0.2) is 0 Å². The van der Waals surface area contributed by atoms with Crippen LogP contribution in [0.25, 0.3) is 0 Å². The van der Waals surface area contributed by atoms with Crippen molar-refractivity contribution >= 4 is 11.6 Å². The Morgan fingerprint density at radius 1 is 0.950 bits per heavy atom. The van der Waals surface area contributed by atoms with E-state index in [1.807, 2.05) is 25.1 Å². The third-order valence-electron chi connectivity index (χ3n) is 3.28. The van der Waals surface area contributed by atoms with Crippen molar-refractivity contribution in [3.05, 3.63) is 70.2 Å². The monoisotopic (exact) mass is 295 g/mol. The highest BCUT2D eigenvalue weighted by Gasteiger charge is 2.18. The van der Waals surface area contributed by atoms with E-state index in [0.29, 0.717) is 5.02 Å². The molecule has 0 spiro atoms. The second-order valence-electron chi connectivity index (χ2n) is 4.80. The SMILES string of the molecule is CC(NC(C)c1c(F)cccc1F)c1cccc(Cl)c1. The second kappa shape index (κ2) is 6.33. The van der Waals surface area contributed by atoms with Gasteiger partial charge in [-0.3, -0.25) is 0 Å². The van der Waals surface area contributed by atoms with Crippen molar-refractivity contribution in [3.8, 4) is 0 Å². The summed E-state index contributed by atoms with van der Waals surface area (Å²) in [5, 5.41) is 3.82. The van der Waals surface area contributed by atoms with Crippen LogP contribution in [0.15, 0.2) is 42.5 Å². The molecule has 2 unspecified atom stereocenters. The van der Waals surface area contributed by atoms with E-state index in [9.17, 15) is 8.78 Å². The van der Waals surface area contributed by atoms with Gasteiger partial charge in [0.1, 0.15) is 11.6 Å². The Kier molecular flexibility index (Phi) is 4.73. The van der Waals surface area contributed by atoms with Crippen molar-refractivity contribution in [3.63, 3.8) is 0 Å². The summed E-state index contributed by atoms with van der Waals surface area (Å²) in [7, 11) is 0. The van der Waals surface area contributed by atoms with Gasteiger partial charge in [0.25, 0.3) is 0 Å². The van der Waals surface area contributed by atoms with Gasteiger partial charge >= 0.3 is 0 Å². The topological polar surface area (TPSA) is 12.0 Å². The van der Waals surface area contributed by atoms with Crippen LogP contribution < -0.4 is 5.32 Å². The molecule has 0 aliphatic heterocycles. The maximum absolute atomic E-state index is 13.7. The third-order valence-corrected chi connectivity index (χ3v) is 3.52. The van der Waals surface area contributed by atoms with Crippen LogP contribution in [-0.2, 0) is 0 Å². The Bertz CT molecular complexity index is 581. The Labute approximate surface area is 122 Å². The molecule has 2 aromatic carbocycles. The first-order valence-corrected chi connectivity index (χ1v) is 6.82. The van der Waals surface area contributed by atoms with Gasteiger partial charge in [0, 0.05) is 22.7 Å². The quantitative estimate of drug-likeness (QED) is 0.834. The fraction of sp³-hybridized carbons (Fsp3) is 0.250. The van der Waals surface area contributed by atoms with Gasteiger partial charge in [-0.1, -0.05) is 29.8 Å². The van der Waals surface area contributed by atoms with E-state index in [-0.39, 0.29) is 11.6 Å². The van der Waals surface area contributed by atoms with Crippen LogP contribution in [0.3, 0.4) is 0 Å². The number of benzene rings is 2. The molecule has 0 amide bonds. The molecule has 0 aromatic heterocycles. The Hall–Kier alpha value is -1.45. The molecule has 0 fully saturated rings. The third kappa shape index (κ3) is 3.35. The molecule has 20 heavy (non-hydrogen) atoms. The van der Waals surface area contributed by atoms with Gasteiger partial charge in [-0.05, 0) is 43.7 Å².